The molecule has 0 saturated carbocycles. The first-order valence-electron chi connectivity index (χ1n) is 10.4. The van der Waals surface area contributed by atoms with Crippen LogP contribution in [0.5, 0.6) is 5.75 Å². The van der Waals surface area contributed by atoms with Crippen LogP contribution in [-0.4, -0.2) is 39.4 Å². The van der Waals surface area contributed by atoms with E-state index >= 15 is 0 Å². The smallest absolute Gasteiger partial charge is 0.252 e. The third kappa shape index (κ3) is 6.23. The average Bonchev–Trinajstić information content (AvgIpc) is 3.21. The summed E-state index contributed by atoms with van der Waals surface area (Å²) in [6.45, 7) is 8.00. The molecule has 3 rings (SSSR count). The second-order valence-corrected chi connectivity index (χ2v) is 8.26. The summed E-state index contributed by atoms with van der Waals surface area (Å²) < 4.78 is 6.97. The number of hydrogen-bond donors (Lipinski definition) is 2. The van der Waals surface area contributed by atoms with E-state index in [1.54, 1.807) is 43.5 Å². The number of benzene rings is 2. The number of aromatic nitrogens is 3. The minimum absolute atomic E-state index is 0.158. The van der Waals surface area contributed by atoms with Gasteiger partial charge in [0.1, 0.15) is 5.75 Å². The lowest BCUT2D eigenvalue weighted by atomic mass is 10.1. The van der Waals surface area contributed by atoms with Gasteiger partial charge >= 0.3 is 0 Å². The predicted molar refractivity (Wildman–Crippen MR) is 130 cm³/mol. The molecule has 2 N–H and O–H groups in total. The minimum Gasteiger partial charge on any atom is -0.497 e. The summed E-state index contributed by atoms with van der Waals surface area (Å²) in [6, 6.07) is 14.1. The molecule has 0 unspecified atom stereocenters. The van der Waals surface area contributed by atoms with Crippen LogP contribution in [0.25, 0.3) is 0 Å². The molecule has 33 heavy (non-hydrogen) atoms. The second-order valence-electron chi connectivity index (χ2n) is 7.32. The van der Waals surface area contributed by atoms with E-state index in [0.717, 1.165) is 11.3 Å². The lowest BCUT2D eigenvalue weighted by molar-refractivity contribution is -0.113. The molecule has 0 fully saturated rings. The fourth-order valence-corrected chi connectivity index (χ4v) is 3.95. The molecule has 1 atom stereocenters. The van der Waals surface area contributed by atoms with Crippen molar-refractivity contribution in [1.29, 1.82) is 0 Å². The highest BCUT2D eigenvalue weighted by atomic mass is 32.2. The Bertz CT molecular complexity index is 1130. The molecule has 0 spiro atoms. The van der Waals surface area contributed by atoms with Gasteiger partial charge in [-0.2, -0.15) is 0 Å². The van der Waals surface area contributed by atoms with Gasteiger partial charge in [0.25, 0.3) is 5.91 Å². The standard InChI is InChI=1S/C24H27N5O3S/c1-5-14-29-22(17(3)25-23(31)20-9-7-6-8-16(20)2)27-28-24(29)33-15-21(30)26-18-10-12-19(32-4)13-11-18/h5-13,17H,1,14-15H2,2-4H3,(H,25,31)(H,26,30)/t17-/m0/s1. The summed E-state index contributed by atoms with van der Waals surface area (Å²) in [5.41, 5.74) is 2.19. The number of nitrogens with zero attached hydrogens (tertiary/aromatic N) is 3. The highest BCUT2D eigenvalue weighted by Crippen LogP contribution is 2.22. The van der Waals surface area contributed by atoms with Gasteiger partial charge in [0.15, 0.2) is 11.0 Å². The van der Waals surface area contributed by atoms with E-state index in [4.69, 9.17) is 4.74 Å². The van der Waals surface area contributed by atoms with E-state index in [2.05, 4.69) is 27.4 Å². The van der Waals surface area contributed by atoms with E-state index < -0.39 is 0 Å². The Kier molecular flexibility index (Phi) is 8.26. The normalized spacial score (nSPS) is 11.5. The maximum absolute atomic E-state index is 12.7. The summed E-state index contributed by atoms with van der Waals surface area (Å²) >= 11 is 1.27. The van der Waals surface area contributed by atoms with Crippen LogP contribution in [0, 0.1) is 6.92 Å². The van der Waals surface area contributed by atoms with Gasteiger partial charge in [0, 0.05) is 17.8 Å². The van der Waals surface area contributed by atoms with Crippen LogP contribution in [-0.2, 0) is 11.3 Å². The molecule has 172 valence electrons. The van der Waals surface area contributed by atoms with Crippen LogP contribution in [0.2, 0.25) is 0 Å². The van der Waals surface area contributed by atoms with E-state index in [9.17, 15) is 9.59 Å². The molecule has 0 aliphatic heterocycles. The van der Waals surface area contributed by atoms with Gasteiger partial charge in [-0.05, 0) is 49.7 Å². The zero-order valence-electron chi connectivity index (χ0n) is 18.9. The summed E-state index contributed by atoms with van der Waals surface area (Å²) in [7, 11) is 1.59. The number of aryl methyl sites for hydroxylation is 1. The maximum Gasteiger partial charge on any atom is 0.252 e. The van der Waals surface area contributed by atoms with E-state index in [1.807, 2.05) is 36.6 Å². The van der Waals surface area contributed by atoms with Gasteiger partial charge in [-0.1, -0.05) is 36.0 Å². The molecule has 8 nitrogen and oxygen atoms in total. The predicted octanol–water partition coefficient (Wildman–Crippen LogP) is 4.00. The van der Waals surface area contributed by atoms with Crippen LogP contribution in [0.4, 0.5) is 5.69 Å². The fourth-order valence-electron chi connectivity index (χ4n) is 3.20. The van der Waals surface area contributed by atoms with Crippen LogP contribution >= 0.6 is 11.8 Å². The number of allylic oxidation sites excluding steroid dienone is 1. The lowest BCUT2D eigenvalue weighted by Crippen LogP contribution is -2.29. The molecule has 0 aliphatic carbocycles. The Morgan fingerprint density at radius 3 is 2.58 bits per heavy atom. The Balaban J connectivity index is 1.65. The van der Waals surface area contributed by atoms with Crippen LogP contribution in [0.15, 0.2) is 66.3 Å². The highest BCUT2D eigenvalue weighted by Gasteiger charge is 2.21. The van der Waals surface area contributed by atoms with Gasteiger partial charge in [-0.25, -0.2) is 0 Å². The van der Waals surface area contributed by atoms with Crippen molar-refractivity contribution in [1.82, 2.24) is 20.1 Å². The monoisotopic (exact) mass is 465 g/mol. The van der Waals surface area contributed by atoms with Gasteiger partial charge in [-0.3, -0.25) is 9.59 Å². The molecule has 1 aromatic heterocycles. The number of hydrogen-bond acceptors (Lipinski definition) is 6. The van der Waals surface area contributed by atoms with Gasteiger partial charge in [-0.15, -0.1) is 16.8 Å². The molecule has 2 aromatic carbocycles. The highest BCUT2D eigenvalue weighted by molar-refractivity contribution is 7.99. The summed E-state index contributed by atoms with van der Waals surface area (Å²) in [5, 5.41) is 14.9. The van der Waals surface area contributed by atoms with Gasteiger partial charge < -0.3 is 19.9 Å². The Morgan fingerprint density at radius 1 is 1.18 bits per heavy atom. The van der Waals surface area contributed by atoms with Crippen molar-refractivity contribution in [3.63, 3.8) is 0 Å². The molecular weight excluding hydrogens is 438 g/mol. The Morgan fingerprint density at radius 2 is 1.91 bits per heavy atom. The molecular formula is C24H27N5O3S. The summed E-state index contributed by atoms with van der Waals surface area (Å²) in [5.74, 6) is 1.12. The SMILES string of the molecule is C=CCn1c(SCC(=O)Nc2ccc(OC)cc2)nnc1[C@H](C)NC(=O)c1ccccc1C. The Labute approximate surface area is 197 Å². The topological polar surface area (TPSA) is 98.1 Å². The van der Waals surface area contributed by atoms with Crippen molar-refractivity contribution in [3.8, 4) is 5.75 Å². The molecule has 1 heterocycles. The first-order chi connectivity index (χ1) is 15.9. The molecule has 3 aromatic rings. The third-order valence-corrected chi connectivity index (χ3v) is 5.85. The quantitative estimate of drug-likeness (QED) is 0.347. The van der Waals surface area contributed by atoms with Crippen molar-refractivity contribution < 1.29 is 14.3 Å². The summed E-state index contributed by atoms with van der Waals surface area (Å²) in [4.78, 5) is 25.1. The molecule has 0 radical (unpaired) electrons. The molecule has 0 bridgehead atoms. The molecule has 0 saturated heterocycles. The number of rotatable bonds is 10. The number of nitrogens with one attached hydrogen (secondary N) is 2. The van der Waals surface area contributed by atoms with E-state index in [-0.39, 0.29) is 23.6 Å². The maximum atomic E-state index is 12.7. The van der Waals surface area contributed by atoms with E-state index in [0.29, 0.717) is 28.8 Å². The molecule has 2 amide bonds. The van der Waals surface area contributed by atoms with Crippen molar-refractivity contribution in [2.75, 3.05) is 18.2 Å². The lowest BCUT2D eigenvalue weighted by Gasteiger charge is -2.16. The second kappa shape index (κ2) is 11.3. The number of amides is 2. The first kappa shape index (κ1) is 24.1. The van der Waals surface area contributed by atoms with Gasteiger partial charge in [0.2, 0.25) is 5.91 Å². The number of anilines is 1. The van der Waals surface area contributed by atoms with Crippen LogP contribution in [0.1, 0.15) is 34.7 Å². The third-order valence-electron chi connectivity index (χ3n) is 4.89. The van der Waals surface area contributed by atoms with Crippen LogP contribution < -0.4 is 15.4 Å². The summed E-state index contributed by atoms with van der Waals surface area (Å²) in [6.07, 6.45) is 1.73. The average molecular weight is 466 g/mol. The minimum atomic E-state index is -0.382. The molecule has 9 heteroatoms. The number of carbonyl (C=O) groups is 2. The van der Waals surface area contributed by atoms with Crippen molar-refractivity contribution in [2.24, 2.45) is 0 Å². The van der Waals surface area contributed by atoms with Gasteiger partial charge in [0.05, 0.1) is 18.9 Å². The Hall–Kier alpha value is -3.59. The number of thioether (sulfide) groups is 1. The number of carbonyl (C=O) groups excluding carboxylic acids is 2. The zero-order valence-corrected chi connectivity index (χ0v) is 19.7. The number of ether oxygens (including phenoxy) is 1. The van der Waals surface area contributed by atoms with E-state index in [1.165, 1.54) is 11.8 Å². The largest absolute Gasteiger partial charge is 0.497 e. The van der Waals surface area contributed by atoms with Crippen molar-refractivity contribution >= 4 is 29.3 Å². The molecule has 0 aliphatic rings. The number of methoxy groups -OCH3 is 1. The van der Waals surface area contributed by atoms with Crippen molar-refractivity contribution in [2.45, 2.75) is 31.6 Å². The zero-order chi connectivity index (χ0) is 23.8. The van der Waals surface area contributed by atoms with Crippen molar-refractivity contribution in [3.05, 3.63) is 78.1 Å². The van der Waals surface area contributed by atoms with Crippen LogP contribution in [0.3, 0.4) is 0 Å². The first-order valence-corrected chi connectivity index (χ1v) is 11.4. The fraction of sp³-hybridized carbons (Fsp3) is 0.250.